The van der Waals surface area contributed by atoms with E-state index in [1.165, 1.54) is 0 Å². The zero-order valence-electron chi connectivity index (χ0n) is 15.2. The Kier molecular flexibility index (Phi) is 5.79. The van der Waals surface area contributed by atoms with Gasteiger partial charge in [0.1, 0.15) is 0 Å². The number of pyridine rings is 1. The molecule has 2 heterocycles. The summed E-state index contributed by atoms with van der Waals surface area (Å²) in [6, 6.07) is 15.7. The van der Waals surface area contributed by atoms with Gasteiger partial charge in [0.2, 0.25) is 5.91 Å². The zero-order valence-corrected chi connectivity index (χ0v) is 15.2. The molecule has 1 N–H and O–H groups in total. The molecule has 0 saturated heterocycles. The van der Waals surface area contributed by atoms with Crippen LogP contribution < -0.4 is 5.32 Å². The number of amides is 1. The van der Waals surface area contributed by atoms with Crippen LogP contribution in [0.2, 0.25) is 0 Å². The van der Waals surface area contributed by atoms with Crippen molar-refractivity contribution >= 4 is 5.91 Å². The number of carbonyl (C=O) groups is 1. The van der Waals surface area contributed by atoms with Gasteiger partial charge in [-0.05, 0) is 29.2 Å². The molecule has 0 spiro atoms. The van der Waals surface area contributed by atoms with E-state index in [0.717, 1.165) is 23.4 Å². The van der Waals surface area contributed by atoms with E-state index in [-0.39, 0.29) is 17.7 Å². The lowest BCUT2D eigenvalue weighted by Gasteiger charge is -2.22. The molecule has 2 atom stereocenters. The van der Waals surface area contributed by atoms with E-state index in [2.05, 4.69) is 29.2 Å². The third-order valence-electron chi connectivity index (χ3n) is 4.67. The lowest BCUT2D eigenvalue weighted by molar-refractivity contribution is -0.123. The molecule has 0 aliphatic heterocycles. The molecule has 0 fully saturated rings. The Hall–Kier alpha value is -2.95. The van der Waals surface area contributed by atoms with Gasteiger partial charge in [0, 0.05) is 25.1 Å². The number of aromatic nitrogens is 3. The molecule has 5 nitrogen and oxygen atoms in total. The van der Waals surface area contributed by atoms with Gasteiger partial charge in [-0.3, -0.25) is 4.79 Å². The summed E-state index contributed by atoms with van der Waals surface area (Å²) in [6.07, 6.45) is 6.29. The molecule has 0 aliphatic rings. The first-order valence-electron chi connectivity index (χ1n) is 8.96. The Bertz CT molecular complexity index is 813. The van der Waals surface area contributed by atoms with Gasteiger partial charge in [-0.15, -0.1) is 0 Å². The molecule has 26 heavy (non-hydrogen) atoms. The maximum atomic E-state index is 12.8. The molecule has 0 unspecified atom stereocenters. The van der Waals surface area contributed by atoms with Gasteiger partial charge in [0.25, 0.3) is 0 Å². The Morgan fingerprint density at radius 2 is 1.96 bits per heavy atom. The summed E-state index contributed by atoms with van der Waals surface area (Å²) in [7, 11) is 0. The number of carbonyl (C=O) groups excluding carboxylic acids is 1. The molecule has 1 amide bonds. The predicted molar refractivity (Wildman–Crippen MR) is 102 cm³/mol. The van der Waals surface area contributed by atoms with Crippen LogP contribution in [-0.2, 0) is 11.3 Å². The Morgan fingerprint density at radius 3 is 2.58 bits per heavy atom. The highest BCUT2D eigenvalue weighted by Gasteiger charge is 2.25. The molecule has 3 rings (SSSR count). The highest BCUT2D eigenvalue weighted by Crippen LogP contribution is 2.27. The maximum Gasteiger partial charge on any atom is 0.228 e. The van der Waals surface area contributed by atoms with Gasteiger partial charge < -0.3 is 5.32 Å². The van der Waals surface area contributed by atoms with E-state index in [1.54, 1.807) is 17.1 Å². The van der Waals surface area contributed by atoms with E-state index in [1.807, 2.05) is 54.7 Å². The molecule has 1 aromatic carbocycles. The van der Waals surface area contributed by atoms with Gasteiger partial charge in [0.15, 0.2) is 5.82 Å². The van der Waals surface area contributed by atoms with Crippen LogP contribution in [0.5, 0.6) is 0 Å². The highest BCUT2D eigenvalue weighted by molar-refractivity contribution is 5.83. The first kappa shape index (κ1) is 17.9. The second kappa shape index (κ2) is 8.43. The van der Waals surface area contributed by atoms with Gasteiger partial charge in [-0.1, -0.05) is 56.7 Å². The van der Waals surface area contributed by atoms with Crippen LogP contribution >= 0.6 is 0 Å². The minimum atomic E-state index is -0.141. The summed E-state index contributed by atoms with van der Waals surface area (Å²) in [5.41, 5.74) is 2.02. The van der Waals surface area contributed by atoms with Crippen molar-refractivity contribution in [1.29, 1.82) is 0 Å². The third kappa shape index (κ3) is 4.17. The van der Waals surface area contributed by atoms with Gasteiger partial charge in [-0.2, -0.15) is 5.10 Å². The van der Waals surface area contributed by atoms with Crippen LogP contribution in [0.4, 0.5) is 0 Å². The lowest BCUT2D eigenvalue weighted by Crippen LogP contribution is -2.32. The summed E-state index contributed by atoms with van der Waals surface area (Å²) in [6.45, 7) is 4.70. The van der Waals surface area contributed by atoms with Crippen LogP contribution in [0.25, 0.3) is 5.82 Å². The maximum absolute atomic E-state index is 12.8. The third-order valence-corrected chi connectivity index (χ3v) is 4.67. The highest BCUT2D eigenvalue weighted by atomic mass is 16.1. The smallest absolute Gasteiger partial charge is 0.228 e. The normalized spacial score (nSPS) is 13.2. The molecule has 0 aliphatic carbocycles. The molecule has 134 valence electrons. The van der Waals surface area contributed by atoms with Crippen molar-refractivity contribution in [3.8, 4) is 5.82 Å². The van der Waals surface area contributed by atoms with E-state index in [0.29, 0.717) is 6.54 Å². The standard InChI is InChI=1S/C21H24N4O/c1-3-16(2)20(18-8-5-4-6-9-18)21(26)23-15-17-10-11-19(22-14-17)25-13-7-12-24-25/h4-14,16,20H,3,15H2,1-2H3,(H,23,26)/t16-,20-/m0/s1. The molecular weight excluding hydrogens is 324 g/mol. The zero-order chi connectivity index (χ0) is 18.4. The van der Waals surface area contributed by atoms with Crippen molar-refractivity contribution < 1.29 is 4.79 Å². The molecule has 0 radical (unpaired) electrons. The number of nitrogens with one attached hydrogen (secondary N) is 1. The quantitative estimate of drug-likeness (QED) is 0.708. The molecule has 0 bridgehead atoms. The number of benzene rings is 1. The minimum Gasteiger partial charge on any atom is -0.351 e. The summed E-state index contributed by atoms with van der Waals surface area (Å²) in [4.78, 5) is 17.2. The van der Waals surface area contributed by atoms with Crippen LogP contribution in [0.15, 0.2) is 67.1 Å². The minimum absolute atomic E-state index is 0.0571. The van der Waals surface area contributed by atoms with Gasteiger partial charge >= 0.3 is 0 Å². The monoisotopic (exact) mass is 348 g/mol. The Morgan fingerprint density at radius 1 is 1.15 bits per heavy atom. The average molecular weight is 348 g/mol. The molecular formula is C21H24N4O. The van der Waals surface area contributed by atoms with Crippen molar-refractivity contribution in [3.63, 3.8) is 0 Å². The fourth-order valence-electron chi connectivity index (χ4n) is 2.99. The summed E-state index contributed by atoms with van der Waals surface area (Å²) < 4.78 is 1.71. The topological polar surface area (TPSA) is 59.8 Å². The number of hydrogen-bond donors (Lipinski definition) is 1. The summed E-state index contributed by atoms with van der Waals surface area (Å²) >= 11 is 0. The predicted octanol–water partition coefficient (Wildman–Crippen LogP) is 3.71. The van der Waals surface area contributed by atoms with E-state index in [9.17, 15) is 4.79 Å². The summed E-state index contributed by atoms with van der Waals surface area (Å²) in [5, 5.41) is 7.23. The average Bonchev–Trinajstić information content (AvgIpc) is 3.22. The fraction of sp³-hybridized carbons (Fsp3) is 0.286. The molecule has 5 heteroatoms. The second-order valence-electron chi connectivity index (χ2n) is 6.47. The molecule has 3 aromatic rings. The van der Waals surface area contributed by atoms with E-state index < -0.39 is 0 Å². The van der Waals surface area contributed by atoms with Crippen molar-refractivity contribution in [2.24, 2.45) is 5.92 Å². The largest absolute Gasteiger partial charge is 0.351 e. The van der Waals surface area contributed by atoms with E-state index in [4.69, 9.17) is 0 Å². The van der Waals surface area contributed by atoms with Gasteiger partial charge in [-0.25, -0.2) is 9.67 Å². The number of hydrogen-bond acceptors (Lipinski definition) is 3. The van der Waals surface area contributed by atoms with Crippen LogP contribution in [-0.4, -0.2) is 20.7 Å². The first-order valence-corrected chi connectivity index (χ1v) is 8.96. The SMILES string of the molecule is CC[C@H](C)[C@H](C(=O)NCc1ccc(-n2cccn2)nc1)c1ccccc1. The Balaban J connectivity index is 1.66. The number of rotatable bonds is 7. The second-order valence-corrected chi connectivity index (χ2v) is 6.47. The van der Waals surface area contributed by atoms with Gasteiger partial charge in [0.05, 0.1) is 5.92 Å². The lowest BCUT2D eigenvalue weighted by atomic mass is 9.85. The van der Waals surface area contributed by atoms with Crippen LogP contribution in [0, 0.1) is 5.92 Å². The Labute approximate surface area is 154 Å². The number of nitrogens with zero attached hydrogens (tertiary/aromatic N) is 3. The van der Waals surface area contributed by atoms with Crippen LogP contribution in [0.1, 0.15) is 37.3 Å². The van der Waals surface area contributed by atoms with Crippen molar-refractivity contribution in [2.45, 2.75) is 32.7 Å². The van der Waals surface area contributed by atoms with Crippen molar-refractivity contribution in [3.05, 3.63) is 78.2 Å². The fourth-order valence-corrected chi connectivity index (χ4v) is 2.99. The van der Waals surface area contributed by atoms with Crippen LogP contribution in [0.3, 0.4) is 0 Å². The molecule has 2 aromatic heterocycles. The van der Waals surface area contributed by atoms with E-state index >= 15 is 0 Å². The molecule has 0 saturated carbocycles. The van der Waals surface area contributed by atoms with Crippen molar-refractivity contribution in [2.75, 3.05) is 0 Å². The summed E-state index contributed by atoms with van der Waals surface area (Å²) in [5.74, 6) is 0.948. The van der Waals surface area contributed by atoms with Crippen molar-refractivity contribution in [1.82, 2.24) is 20.1 Å². The first-order chi connectivity index (χ1) is 12.7.